The molecule has 2 aromatic rings. The Morgan fingerprint density at radius 3 is 2.27 bits per heavy atom. The number of aromatic nitrogens is 2. The Morgan fingerprint density at radius 1 is 1.00 bits per heavy atom. The van der Waals surface area contributed by atoms with E-state index in [0.29, 0.717) is 11.9 Å². The summed E-state index contributed by atoms with van der Waals surface area (Å²) >= 11 is 5.91. The van der Waals surface area contributed by atoms with E-state index < -0.39 is 0 Å². The first-order valence-corrected chi connectivity index (χ1v) is 8.13. The number of piperidine rings is 3. The maximum Gasteiger partial charge on any atom is 0.316 e. The van der Waals surface area contributed by atoms with Gasteiger partial charge < -0.3 is 4.74 Å². The van der Waals surface area contributed by atoms with E-state index in [0.717, 1.165) is 22.7 Å². The molecule has 1 aromatic heterocycles. The molecule has 5 heteroatoms. The third kappa shape index (κ3) is 2.81. The van der Waals surface area contributed by atoms with Crippen molar-refractivity contribution in [3.63, 3.8) is 0 Å². The van der Waals surface area contributed by atoms with Crippen LogP contribution in [-0.2, 0) is 0 Å². The van der Waals surface area contributed by atoms with Crippen molar-refractivity contribution in [2.45, 2.75) is 18.9 Å². The van der Waals surface area contributed by atoms with Crippen molar-refractivity contribution in [1.29, 1.82) is 0 Å². The Labute approximate surface area is 135 Å². The highest BCUT2D eigenvalue weighted by Crippen LogP contribution is 2.30. The van der Waals surface area contributed by atoms with Crippen LogP contribution in [0.3, 0.4) is 0 Å². The van der Waals surface area contributed by atoms with E-state index >= 15 is 0 Å². The number of halogens is 1. The van der Waals surface area contributed by atoms with Gasteiger partial charge in [0.25, 0.3) is 0 Å². The minimum atomic E-state index is 0.240. The lowest BCUT2D eigenvalue weighted by atomic mass is 9.86. The van der Waals surface area contributed by atoms with Crippen molar-refractivity contribution in [2.75, 3.05) is 19.6 Å². The molecule has 1 atom stereocenters. The van der Waals surface area contributed by atoms with E-state index in [4.69, 9.17) is 16.3 Å². The van der Waals surface area contributed by atoms with Crippen LogP contribution in [-0.4, -0.2) is 40.6 Å². The van der Waals surface area contributed by atoms with E-state index in [1.165, 1.54) is 25.9 Å². The number of benzene rings is 1. The Morgan fingerprint density at radius 2 is 1.68 bits per heavy atom. The lowest BCUT2D eigenvalue weighted by molar-refractivity contribution is -0.0123. The largest absolute Gasteiger partial charge is 0.458 e. The molecule has 0 saturated carbocycles. The molecule has 4 nitrogen and oxygen atoms in total. The number of fused-ring (bicyclic) bond motifs is 3. The van der Waals surface area contributed by atoms with Gasteiger partial charge in [0.05, 0.1) is 0 Å². The molecule has 0 N–H and O–H groups in total. The molecule has 0 spiro atoms. The van der Waals surface area contributed by atoms with Crippen LogP contribution in [0.1, 0.15) is 12.8 Å². The molecule has 1 aromatic carbocycles. The topological polar surface area (TPSA) is 38.2 Å². The first-order valence-electron chi connectivity index (χ1n) is 7.75. The van der Waals surface area contributed by atoms with Crippen molar-refractivity contribution in [3.8, 4) is 17.1 Å². The average Bonchev–Trinajstić information content (AvgIpc) is 2.58. The summed E-state index contributed by atoms with van der Waals surface area (Å²) in [6, 6.07) is 8.16. The third-order valence-electron chi connectivity index (χ3n) is 4.66. The van der Waals surface area contributed by atoms with Gasteiger partial charge in [-0.15, -0.1) is 0 Å². The zero-order valence-electron chi connectivity index (χ0n) is 12.3. The lowest BCUT2D eigenvalue weighted by Crippen LogP contribution is -2.52. The van der Waals surface area contributed by atoms with Crippen LogP contribution in [0.5, 0.6) is 6.01 Å². The summed E-state index contributed by atoms with van der Waals surface area (Å²) in [6.45, 7) is 3.43. The quantitative estimate of drug-likeness (QED) is 0.871. The van der Waals surface area contributed by atoms with Crippen LogP contribution >= 0.6 is 11.6 Å². The summed E-state index contributed by atoms with van der Waals surface area (Å²) in [6.07, 6.45) is 6.32. The standard InChI is InChI=1S/C17H18ClN3O/c18-15-3-1-12(2-4-15)14-9-19-17(20-10-14)22-16-11-21-7-5-13(16)6-8-21/h1-4,9-10,13,16H,5-8,11H2. The summed E-state index contributed by atoms with van der Waals surface area (Å²) in [4.78, 5) is 11.2. The molecular formula is C17H18ClN3O. The molecule has 0 radical (unpaired) electrons. The smallest absolute Gasteiger partial charge is 0.316 e. The molecule has 0 amide bonds. The van der Waals surface area contributed by atoms with Gasteiger partial charge in [0.2, 0.25) is 0 Å². The molecule has 22 heavy (non-hydrogen) atoms. The fraction of sp³-hybridized carbons (Fsp3) is 0.412. The highest BCUT2D eigenvalue weighted by Gasteiger charge is 2.35. The molecule has 0 aliphatic carbocycles. The Hall–Kier alpha value is -1.65. The van der Waals surface area contributed by atoms with Gasteiger partial charge in [-0.2, -0.15) is 0 Å². The molecule has 3 fully saturated rings. The van der Waals surface area contributed by atoms with Crippen LogP contribution in [0.25, 0.3) is 11.1 Å². The van der Waals surface area contributed by atoms with Gasteiger partial charge in [0.1, 0.15) is 6.10 Å². The highest BCUT2D eigenvalue weighted by molar-refractivity contribution is 6.30. The fourth-order valence-electron chi connectivity index (χ4n) is 3.35. The third-order valence-corrected chi connectivity index (χ3v) is 4.91. The summed E-state index contributed by atoms with van der Waals surface area (Å²) in [7, 11) is 0. The van der Waals surface area contributed by atoms with E-state index in [9.17, 15) is 0 Å². The molecule has 5 rings (SSSR count). The van der Waals surface area contributed by atoms with Gasteiger partial charge in [-0.3, -0.25) is 4.90 Å². The monoisotopic (exact) mass is 315 g/mol. The summed E-state index contributed by atoms with van der Waals surface area (Å²) in [5, 5.41) is 0.729. The predicted molar refractivity (Wildman–Crippen MR) is 86.1 cm³/mol. The second-order valence-electron chi connectivity index (χ2n) is 6.06. The summed E-state index contributed by atoms with van der Waals surface area (Å²) in [5.74, 6) is 0.657. The number of ether oxygens (including phenoxy) is 1. The van der Waals surface area contributed by atoms with Crippen molar-refractivity contribution < 1.29 is 4.74 Å². The number of hydrogen-bond donors (Lipinski definition) is 0. The van der Waals surface area contributed by atoms with Crippen LogP contribution < -0.4 is 4.74 Å². The van der Waals surface area contributed by atoms with Crippen molar-refractivity contribution in [2.24, 2.45) is 5.92 Å². The van der Waals surface area contributed by atoms with E-state index in [1.807, 2.05) is 36.7 Å². The lowest BCUT2D eigenvalue weighted by Gasteiger charge is -2.43. The first-order chi connectivity index (χ1) is 10.8. The van der Waals surface area contributed by atoms with Gasteiger partial charge in [-0.05, 0) is 49.5 Å². The minimum absolute atomic E-state index is 0.240. The Kier molecular flexibility index (Phi) is 3.72. The number of rotatable bonds is 3. The number of hydrogen-bond acceptors (Lipinski definition) is 4. The predicted octanol–water partition coefficient (Wildman–Crippen LogP) is 3.27. The molecule has 3 aliphatic rings. The molecule has 3 saturated heterocycles. The van der Waals surface area contributed by atoms with Gasteiger partial charge in [0.15, 0.2) is 0 Å². The van der Waals surface area contributed by atoms with E-state index in [2.05, 4.69) is 14.9 Å². The Bertz CT molecular complexity index is 636. The van der Waals surface area contributed by atoms with Crippen LogP contribution in [0.15, 0.2) is 36.7 Å². The van der Waals surface area contributed by atoms with Gasteiger partial charge in [-0.25, -0.2) is 9.97 Å². The van der Waals surface area contributed by atoms with Crippen molar-refractivity contribution >= 4 is 11.6 Å². The number of nitrogens with zero attached hydrogens (tertiary/aromatic N) is 3. The van der Waals surface area contributed by atoms with Crippen LogP contribution in [0.2, 0.25) is 5.02 Å². The molecule has 3 aliphatic heterocycles. The van der Waals surface area contributed by atoms with Crippen LogP contribution in [0.4, 0.5) is 0 Å². The van der Waals surface area contributed by atoms with Crippen LogP contribution in [0, 0.1) is 5.92 Å². The fourth-order valence-corrected chi connectivity index (χ4v) is 3.47. The van der Waals surface area contributed by atoms with E-state index in [-0.39, 0.29) is 6.10 Å². The molecule has 4 heterocycles. The van der Waals surface area contributed by atoms with Gasteiger partial charge >= 0.3 is 6.01 Å². The SMILES string of the molecule is Clc1ccc(-c2cnc(OC3CN4CCC3CC4)nc2)cc1. The second-order valence-corrected chi connectivity index (χ2v) is 6.49. The summed E-state index contributed by atoms with van der Waals surface area (Å²) < 4.78 is 6.01. The maximum absolute atomic E-state index is 6.01. The Balaban J connectivity index is 1.46. The van der Waals surface area contributed by atoms with Gasteiger partial charge in [-0.1, -0.05) is 23.7 Å². The summed E-state index contributed by atoms with van der Waals surface area (Å²) in [5.41, 5.74) is 2.02. The highest BCUT2D eigenvalue weighted by atomic mass is 35.5. The minimum Gasteiger partial charge on any atom is -0.458 e. The zero-order valence-corrected chi connectivity index (χ0v) is 13.0. The normalized spacial score (nSPS) is 26.9. The molecule has 114 valence electrons. The van der Waals surface area contributed by atoms with Crippen molar-refractivity contribution in [1.82, 2.24) is 14.9 Å². The maximum atomic E-state index is 6.01. The van der Waals surface area contributed by atoms with Gasteiger partial charge in [0, 0.05) is 29.5 Å². The van der Waals surface area contributed by atoms with Crippen molar-refractivity contribution in [3.05, 3.63) is 41.7 Å². The zero-order chi connectivity index (χ0) is 14.9. The average molecular weight is 316 g/mol. The molecule has 1 unspecified atom stereocenters. The molecule has 2 bridgehead atoms. The second kappa shape index (κ2) is 5.86. The van der Waals surface area contributed by atoms with E-state index in [1.54, 1.807) is 0 Å². The first kappa shape index (κ1) is 14.0. The molecular weight excluding hydrogens is 298 g/mol.